The summed E-state index contributed by atoms with van der Waals surface area (Å²) in [5, 5.41) is 18.7. The summed E-state index contributed by atoms with van der Waals surface area (Å²) in [6.45, 7) is -1.06. The molecule has 0 aromatic carbocycles. The summed E-state index contributed by atoms with van der Waals surface area (Å²) >= 11 is 0. The zero-order chi connectivity index (χ0) is 18.9. The first-order chi connectivity index (χ1) is 10.6. The Morgan fingerprint density at radius 3 is 1.50 bits per heavy atom. The second-order valence-electron chi connectivity index (χ2n) is 4.43. The lowest BCUT2D eigenvalue weighted by Crippen LogP contribution is -2.60. The molecule has 0 aliphatic carbocycles. The van der Waals surface area contributed by atoms with Crippen molar-refractivity contribution in [2.45, 2.75) is 30.7 Å². The van der Waals surface area contributed by atoms with Gasteiger partial charge in [0.2, 0.25) is 0 Å². The van der Waals surface area contributed by atoms with Gasteiger partial charge in [0.15, 0.2) is 6.29 Å². The average Bonchev–Trinajstić information content (AvgIpc) is 2.32. The molecular weight excluding hydrogens is 405 g/mol. The quantitative estimate of drug-likeness (QED) is 0.193. The highest BCUT2D eigenvalue weighted by molar-refractivity contribution is 7.47. The van der Waals surface area contributed by atoms with Crippen LogP contribution in [0, 0.1) is 0 Å². The van der Waals surface area contributed by atoms with Gasteiger partial charge in [-0.05, 0) is 0 Å². The van der Waals surface area contributed by atoms with Crippen LogP contribution in [-0.4, -0.2) is 76.9 Å². The molecule has 1 aliphatic heterocycles. The number of hydrogen-bond donors (Lipinski definition) is 8. The molecule has 1 saturated heterocycles. The van der Waals surface area contributed by atoms with Crippen molar-refractivity contribution >= 4 is 23.5 Å². The van der Waals surface area contributed by atoms with Crippen LogP contribution in [0.5, 0.6) is 0 Å². The number of ether oxygens (including phenoxy) is 1. The van der Waals surface area contributed by atoms with Gasteiger partial charge in [0, 0.05) is 0 Å². The largest absolute Gasteiger partial charge is 0.470 e. The molecule has 144 valence electrons. The van der Waals surface area contributed by atoms with E-state index < -0.39 is 60.8 Å². The number of aliphatic hydroxyl groups excluding tert-OH is 2. The molecule has 0 bridgehead atoms. The van der Waals surface area contributed by atoms with Crippen LogP contribution in [0.4, 0.5) is 0 Å². The normalized spacial score (nSPS) is 32.8. The fourth-order valence-corrected chi connectivity index (χ4v) is 3.55. The van der Waals surface area contributed by atoms with E-state index in [9.17, 15) is 18.8 Å². The lowest BCUT2D eigenvalue weighted by atomic mass is 9.99. The summed E-state index contributed by atoms with van der Waals surface area (Å²) < 4.78 is 50.0. The molecule has 18 heteroatoms. The van der Waals surface area contributed by atoms with Gasteiger partial charge >= 0.3 is 23.5 Å². The van der Waals surface area contributed by atoms with Crippen molar-refractivity contribution in [3.05, 3.63) is 0 Å². The van der Waals surface area contributed by atoms with Crippen molar-refractivity contribution in [3.63, 3.8) is 0 Å². The van der Waals surface area contributed by atoms with E-state index >= 15 is 0 Å². The van der Waals surface area contributed by atoms with Crippen LogP contribution in [0.1, 0.15) is 0 Å². The Morgan fingerprint density at radius 2 is 1.12 bits per heavy atom. The molecule has 0 spiro atoms. The van der Waals surface area contributed by atoms with Crippen LogP contribution in [0.2, 0.25) is 0 Å². The Balaban J connectivity index is 3.27. The monoisotopic (exact) mass is 420 g/mol. The molecule has 0 aromatic rings. The predicted molar refractivity (Wildman–Crippen MR) is 68.7 cm³/mol. The number of rotatable bonds is 7. The molecule has 1 rings (SSSR count). The van der Waals surface area contributed by atoms with E-state index in [4.69, 9.17) is 34.5 Å². The van der Waals surface area contributed by atoms with Gasteiger partial charge in [0.25, 0.3) is 0 Å². The molecule has 0 amide bonds. The number of phosphoric acid groups is 3. The molecule has 1 aliphatic rings. The van der Waals surface area contributed by atoms with E-state index in [-0.39, 0.29) is 0 Å². The molecule has 24 heavy (non-hydrogen) atoms. The van der Waals surface area contributed by atoms with E-state index in [2.05, 4.69) is 18.3 Å². The zero-order valence-corrected chi connectivity index (χ0v) is 14.1. The minimum Gasteiger partial charge on any atom is -0.394 e. The summed E-state index contributed by atoms with van der Waals surface area (Å²) in [4.78, 5) is 52.9. The van der Waals surface area contributed by atoms with Crippen LogP contribution in [0.25, 0.3) is 0 Å². The molecule has 0 aromatic heterocycles. The molecule has 8 N–H and O–H groups in total. The van der Waals surface area contributed by atoms with E-state index in [1.165, 1.54) is 0 Å². The summed E-state index contributed by atoms with van der Waals surface area (Å²) in [6, 6.07) is 0. The maximum Gasteiger partial charge on any atom is 0.470 e. The van der Waals surface area contributed by atoms with E-state index in [0.29, 0.717) is 0 Å². The van der Waals surface area contributed by atoms with E-state index in [1.807, 2.05) is 0 Å². The van der Waals surface area contributed by atoms with E-state index in [1.54, 1.807) is 0 Å². The van der Waals surface area contributed by atoms with Crippen LogP contribution in [0.3, 0.4) is 0 Å². The second kappa shape index (κ2) is 7.84. The first kappa shape index (κ1) is 22.3. The van der Waals surface area contributed by atoms with Crippen LogP contribution in [-0.2, 0) is 32.0 Å². The lowest BCUT2D eigenvalue weighted by Gasteiger charge is -2.43. The maximum absolute atomic E-state index is 11.0. The topological polar surface area (TPSA) is 250 Å². The van der Waals surface area contributed by atoms with E-state index in [0.717, 1.165) is 0 Å². The van der Waals surface area contributed by atoms with Crippen LogP contribution < -0.4 is 0 Å². The van der Waals surface area contributed by atoms with Gasteiger partial charge in [-0.1, -0.05) is 0 Å². The summed E-state index contributed by atoms with van der Waals surface area (Å²) in [5.41, 5.74) is 0. The minimum absolute atomic E-state index is 1.06. The molecule has 0 radical (unpaired) electrons. The van der Waals surface area contributed by atoms with Crippen molar-refractivity contribution in [1.82, 2.24) is 0 Å². The van der Waals surface area contributed by atoms with Gasteiger partial charge in [-0.3, -0.25) is 13.6 Å². The molecule has 0 unspecified atom stereocenters. The Morgan fingerprint density at radius 1 is 0.750 bits per heavy atom. The van der Waals surface area contributed by atoms with Gasteiger partial charge in [0.1, 0.15) is 24.4 Å². The summed E-state index contributed by atoms with van der Waals surface area (Å²) in [7, 11) is -16.1. The summed E-state index contributed by atoms with van der Waals surface area (Å²) in [6.07, 6.45) is -10.9. The van der Waals surface area contributed by atoms with Crippen molar-refractivity contribution in [2.75, 3.05) is 6.61 Å². The summed E-state index contributed by atoms with van der Waals surface area (Å²) in [5.74, 6) is 0. The SMILES string of the molecule is O=P(O)(O)O[C@@H]1[C@@H](OP(=O)(O)O)[C@@H](O)O[C@H](CO)[C@@H]1OP(=O)(O)O. The Bertz CT molecular complexity index is 560. The average molecular weight is 420 g/mol. The molecule has 0 saturated carbocycles. The third kappa shape index (κ3) is 7.22. The highest BCUT2D eigenvalue weighted by Crippen LogP contribution is 2.49. The van der Waals surface area contributed by atoms with Crippen molar-refractivity contribution in [2.24, 2.45) is 0 Å². The van der Waals surface area contributed by atoms with Gasteiger partial charge in [-0.2, -0.15) is 0 Å². The fourth-order valence-electron chi connectivity index (χ4n) is 1.88. The third-order valence-corrected chi connectivity index (χ3v) is 4.12. The van der Waals surface area contributed by atoms with Crippen LogP contribution >= 0.6 is 23.5 Å². The van der Waals surface area contributed by atoms with Gasteiger partial charge < -0.3 is 44.3 Å². The molecule has 1 heterocycles. The molecule has 15 nitrogen and oxygen atoms in total. The van der Waals surface area contributed by atoms with Crippen LogP contribution in [0.15, 0.2) is 0 Å². The number of phosphoric ester groups is 3. The number of hydrogen-bond acceptors (Lipinski definition) is 9. The minimum atomic E-state index is -5.42. The fraction of sp³-hybridized carbons (Fsp3) is 1.00. The smallest absolute Gasteiger partial charge is 0.394 e. The Labute approximate surface area is 133 Å². The first-order valence-corrected chi connectivity index (χ1v) is 10.4. The standard InChI is InChI=1S/C6H15O15P3/c7-1-2-3(19-22(9,10)11)4(20-23(12,13)14)5(6(8)18-2)21-24(15,16)17/h2-8H,1H2,(H2,9,10,11)(H2,12,13,14)(H2,15,16,17)/t2-,3+,4+,5-,6+/m1/s1. The maximum atomic E-state index is 11.0. The Kier molecular flexibility index (Phi) is 7.27. The van der Waals surface area contributed by atoms with Gasteiger partial charge in [-0.25, -0.2) is 13.7 Å². The predicted octanol–water partition coefficient (Wildman–Crippen LogP) is -2.87. The van der Waals surface area contributed by atoms with Gasteiger partial charge in [0.05, 0.1) is 6.61 Å². The lowest BCUT2D eigenvalue weighted by molar-refractivity contribution is -0.276. The van der Waals surface area contributed by atoms with Crippen molar-refractivity contribution in [1.29, 1.82) is 0 Å². The number of aliphatic hydroxyl groups is 2. The highest BCUT2D eigenvalue weighted by Gasteiger charge is 2.53. The molecule has 5 atom stereocenters. The van der Waals surface area contributed by atoms with Gasteiger partial charge in [-0.15, -0.1) is 0 Å². The van der Waals surface area contributed by atoms with Crippen molar-refractivity contribution < 1.29 is 71.6 Å². The Hall–Kier alpha value is 0.210. The highest BCUT2D eigenvalue weighted by atomic mass is 31.2. The van der Waals surface area contributed by atoms with Crippen molar-refractivity contribution in [3.8, 4) is 0 Å². The zero-order valence-electron chi connectivity index (χ0n) is 11.4. The molecular formula is C6H15O15P3. The molecule has 1 fully saturated rings. The first-order valence-electron chi connectivity index (χ1n) is 5.79. The third-order valence-electron chi connectivity index (χ3n) is 2.57. The second-order valence-corrected chi connectivity index (χ2v) is 8.01.